The minimum Gasteiger partial charge on any atom is -0.756 e. The van der Waals surface area contributed by atoms with Crippen molar-refractivity contribution in [2.45, 2.75) is 180 Å². The maximum absolute atomic E-state index is 12.6. The van der Waals surface area contributed by atoms with Gasteiger partial charge in [-0.1, -0.05) is 134 Å². The summed E-state index contributed by atoms with van der Waals surface area (Å²) in [7, 11) is 1.35. The molecule has 0 aromatic rings. The molecule has 0 bridgehead atoms. The molecule has 0 amide bonds. The molecule has 2 atom stereocenters. The second-order valence-corrected chi connectivity index (χ2v) is 16.4. The number of unbranched alkanes of at least 4 members (excludes halogenated alkanes) is 20. The molecule has 296 valence electrons. The zero-order valence-electron chi connectivity index (χ0n) is 33.4. The fourth-order valence-corrected chi connectivity index (χ4v) is 6.21. The van der Waals surface area contributed by atoms with Crippen LogP contribution in [-0.4, -0.2) is 70.7 Å². The van der Waals surface area contributed by atoms with Crippen molar-refractivity contribution in [2.24, 2.45) is 0 Å². The molecule has 0 saturated heterocycles. The van der Waals surface area contributed by atoms with Gasteiger partial charge in [-0.15, -0.1) is 0 Å². The third-order valence-electron chi connectivity index (χ3n) is 8.71. The van der Waals surface area contributed by atoms with Gasteiger partial charge in [-0.05, 0) is 57.8 Å². The molecule has 0 saturated carbocycles. The van der Waals surface area contributed by atoms with Gasteiger partial charge in [0.2, 0.25) is 0 Å². The Bertz CT molecular complexity index is 858. The number of hydrogen-bond donors (Lipinski definition) is 0. The first kappa shape index (κ1) is 49.0. The zero-order valence-corrected chi connectivity index (χ0v) is 34.2. The van der Waals surface area contributed by atoms with Crippen LogP contribution >= 0.6 is 7.82 Å². The Balaban J connectivity index is 4.20. The highest BCUT2D eigenvalue weighted by atomic mass is 31.2. The standard InChI is InChI=1S/C41H80NO7P/c1-6-8-10-12-14-16-18-19-20-21-22-23-24-25-27-29-31-33-36-46-38-40(39-48-50(44,45)47-37-35-42(3,4)5)49-41(43)34-32-30-28-26-17-15-13-11-9-7-2/h11,13,19-20,40H,6-10,12,14-18,21-39H2,1-5H3/b13-11-,20-19-. The summed E-state index contributed by atoms with van der Waals surface area (Å²) in [5.74, 6) is -0.347. The van der Waals surface area contributed by atoms with Crippen molar-refractivity contribution in [3.8, 4) is 0 Å². The summed E-state index contributed by atoms with van der Waals surface area (Å²) in [5, 5.41) is 0. The number of nitrogens with zero attached hydrogens (tertiary/aromatic N) is 1. The van der Waals surface area contributed by atoms with Crippen LogP contribution in [0.3, 0.4) is 0 Å². The van der Waals surface area contributed by atoms with Gasteiger partial charge in [0, 0.05) is 13.0 Å². The molecule has 0 aliphatic rings. The Morgan fingerprint density at radius 2 is 1.08 bits per heavy atom. The van der Waals surface area contributed by atoms with Crippen molar-refractivity contribution < 1.29 is 37.3 Å². The first-order valence-electron chi connectivity index (χ1n) is 20.6. The Kier molecular flexibility index (Phi) is 34.3. The van der Waals surface area contributed by atoms with Crippen molar-refractivity contribution in [3.05, 3.63) is 24.3 Å². The van der Waals surface area contributed by atoms with Gasteiger partial charge in [0.1, 0.15) is 19.3 Å². The van der Waals surface area contributed by atoms with Gasteiger partial charge in [-0.2, -0.15) is 0 Å². The van der Waals surface area contributed by atoms with Crippen molar-refractivity contribution in [1.82, 2.24) is 0 Å². The Hall–Kier alpha value is -1.02. The van der Waals surface area contributed by atoms with E-state index in [4.69, 9.17) is 18.5 Å². The molecule has 0 fully saturated rings. The number of allylic oxidation sites excluding steroid dienone is 4. The van der Waals surface area contributed by atoms with Crippen molar-refractivity contribution in [3.63, 3.8) is 0 Å². The SMILES string of the molecule is CCC/C=C\CCCCCCCC(=O)OC(COCCCCCCCCCC/C=C\CCCCCCCC)COP(=O)([O-])OCC[N+](C)(C)C. The molecule has 8 nitrogen and oxygen atoms in total. The molecule has 0 spiro atoms. The summed E-state index contributed by atoms with van der Waals surface area (Å²) < 4.78 is 34.5. The van der Waals surface area contributed by atoms with Gasteiger partial charge >= 0.3 is 5.97 Å². The number of carbonyl (C=O) groups excluding carboxylic acids is 1. The van der Waals surface area contributed by atoms with Gasteiger partial charge < -0.3 is 27.9 Å². The molecule has 0 radical (unpaired) electrons. The smallest absolute Gasteiger partial charge is 0.306 e. The first-order valence-corrected chi connectivity index (χ1v) is 22.0. The topological polar surface area (TPSA) is 94.1 Å². The van der Waals surface area contributed by atoms with E-state index < -0.39 is 13.9 Å². The minimum atomic E-state index is -4.52. The lowest BCUT2D eigenvalue weighted by molar-refractivity contribution is -0.870. The van der Waals surface area contributed by atoms with Crippen LogP contribution in [0, 0.1) is 0 Å². The Morgan fingerprint density at radius 3 is 1.60 bits per heavy atom. The fourth-order valence-electron chi connectivity index (χ4n) is 5.48. The van der Waals surface area contributed by atoms with E-state index >= 15 is 0 Å². The molecule has 0 N–H and O–H groups in total. The monoisotopic (exact) mass is 730 g/mol. The third kappa shape index (κ3) is 38.2. The number of esters is 1. The van der Waals surface area contributed by atoms with Crippen LogP contribution in [0.25, 0.3) is 0 Å². The van der Waals surface area contributed by atoms with Crippen LogP contribution in [0.15, 0.2) is 24.3 Å². The number of phosphoric ester groups is 1. The first-order chi connectivity index (χ1) is 24.1. The van der Waals surface area contributed by atoms with E-state index in [2.05, 4.69) is 38.2 Å². The minimum absolute atomic E-state index is 0.0248. The maximum atomic E-state index is 12.6. The van der Waals surface area contributed by atoms with E-state index in [1.54, 1.807) is 0 Å². The summed E-state index contributed by atoms with van der Waals surface area (Å²) in [6, 6.07) is 0. The second kappa shape index (κ2) is 35.0. The van der Waals surface area contributed by atoms with Gasteiger partial charge in [0.25, 0.3) is 7.82 Å². The second-order valence-electron chi connectivity index (χ2n) is 15.0. The number of quaternary nitrogens is 1. The highest BCUT2D eigenvalue weighted by molar-refractivity contribution is 7.45. The van der Waals surface area contributed by atoms with E-state index in [0.29, 0.717) is 24.1 Å². The van der Waals surface area contributed by atoms with E-state index in [1.807, 2.05) is 21.1 Å². The van der Waals surface area contributed by atoms with Crippen molar-refractivity contribution in [2.75, 3.05) is 54.1 Å². The average molecular weight is 730 g/mol. The number of rotatable bonds is 38. The molecule has 0 aromatic carbocycles. The van der Waals surface area contributed by atoms with Crippen LogP contribution in [-0.2, 0) is 27.9 Å². The summed E-state index contributed by atoms with van der Waals surface area (Å²) in [6.07, 6.45) is 37.6. The lowest BCUT2D eigenvalue weighted by Gasteiger charge is -2.28. The molecule has 0 aliphatic heterocycles. The Morgan fingerprint density at radius 1 is 0.600 bits per heavy atom. The average Bonchev–Trinajstić information content (AvgIpc) is 3.06. The quantitative estimate of drug-likeness (QED) is 0.0205. The van der Waals surface area contributed by atoms with E-state index in [9.17, 15) is 14.3 Å². The summed E-state index contributed by atoms with van der Waals surface area (Å²) in [6.45, 7) is 5.33. The number of phosphoric acid groups is 1. The van der Waals surface area contributed by atoms with Crippen LogP contribution in [0.5, 0.6) is 0 Å². The molecular weight excluding hydrogens is 649 g/mol. The third-order valence-corrected chi connectivity index (χ3v) is 9.67. The van der Waals surface area contributed by atoms with Gasteiger partial charge in [0.15, 0.2) is 0 Å². The normalized spacial score (nSPS) is 14.1. The molecule has 0 heterocycles. The number of ether oxygens (including phenoxy) is 2. The fraction of sp³-hybridized carbons (Fsp3) is 0.878. The predicted molar refractivity (Wildman–Crippen MR) is 208 cm³/mol. The van der Waals surface area contributed by atoms with Crippen LogP contribution in [0.4, 0.5) is 0 Å². The highest BCUT2D eigenvalue weighted by Gasteiger charge is 2.20. The van der Waals surface area contributed by atoms with Crippen molar-refractivity contribution >= 4 is 13.8 Å². The molecule has 0 aromatic heterocycles. The molecular formula is C41H80NO7P. The maximum Gasteiger partial charge on any atom is 0.306 e. The number of hydrogen-bond acceptors (Lipinski definition) is 7. The molecule has 50 heavy (non-hydrogen) atoms. The number of likely N-dealkylation sites (N-methyl/N-ethyl adjacent to an activating group) is 1. The Labute approximate surface area is 309 Å². The predicted octanol–water partition coefficient (Wildman–Crippen LogP) is 11.0. The van der Waals surface area contributed by atoms with E-state index in [0.717, 1.165) is 51.4 Å². The van der Waals surface area contributed by atoms with Crippen molar-refractivity contribution in [1.29, 1.82) is 0 Å². The summed E-state index contributed by atoms with van der Waals surface area (Å²) in [4.78, 5) is 24.9. The lowest BCUT2D eigenvalue weighted by atomic mass is 10.1. The van der Waals surface area contributed by atoms with Crippen LogP contribution < -0.4 is 4.89 Å². The number of carbonyl (C=O) groups is 1. The van der Waals surface area contributed by atoms with E-state index in [1.165, 1.54) is 103 Å². The lowest BCUT2D eigenvalue weighted by Crippen LogP contribution is -2.37. The summed E-state index contributed by atoms with van der Waals surface area (Å²) >= 11 is 0. The van der Waals surface area contributed by atoms with E-state index in [-0.39, 0.29) is 25.8 Å². The largest absolute Gasteiger partial charge is 0.756 e. The van der Waals surface area contributed by atoms with Crippen LogP contribution in [0.2, 0.25) is 0 Å². The van der Waals surface area contributed by atoms with Gasteiger partial charge in [0.05, 0.1) is 34.4 Å². The molecule has 0 rings (SSSR count). The van der Waals surface area contributed by atoms with Crippen LogP contribution in [0.1, 0.15) is 174 Å². The van der Waals surface area contributed by atoms with Gasteiger partial charge in [-0.3, -0.25) is 9.36 Å². The molecule has 0 aliphatic carbocycles. The van der Waals surface area contributed by atoms with Gasteiger partial charge in [-0.25, -0.2) is 0 Å². The summed E-state index contributed by atoms with van der Waals surface area (Å²) in [5.41, 5.74) is 0. The molecule has 9 heteroatoms. The highest BCUT2D eigenvalue weighted by Crippen LogP contribution is 2.38. The molecule has 2 unspecified atom stereocenters. The zero-order chi connectivity index (χ0) is 37.0.